The Morgan fingerprint density at radius 3 is 2.62 bits per heavy atom. The number of benzene rings is 1. The fourth-order valence-corrected chi connectivity index (χ4v) is 1.78. The molecule has 0 amide bonds. The molecule has 1 aromatic carbocycles. The number of hydrogen-bond acceptors (Lipinski definition) is 3. The van der Waals surface area contributed by atoms with Gasteiger partial charge in [0.15, 0.2) is 11.7 Å². The van der Waals surface area contributed by atoms with Crippen LogP contribution in [0.2, 0.25) is 0 Å². The summed E-state index contributed by atoms with van der Waals surface area (Å²) in [4.78, 5) is 4.14. The van der Waals surface area contributed by atoms with Crippen molar-refractivity contribution in [1.82, 2.24) is 15.8 Å². The summed E-state index contributed by atoms with van der Waals surface area (Å²) in [5, 5.41) is 10.5. The van der Waals surface area contributed by atoms with Crippen molar-refractivity contribution in [2.24, 2.45) is 4.99 Å². The molecule has 0 unspecified atom stereocenters. The van der Waals surface area contributed by atoms with Gasteiger partial charge in [-0.1, -0.05) is 35.5 Å². The summed E-state index contributed by atoms with van der Waals surface area (Å²) in [6.07, 6.45) is 0. The van der Waals surface area contributed by atoms with Crippen LogP contribution >= 0.6 is 24.0 Å². The van der Waals surface area contributed by atoms with Crippen LogP contribution in [0, 0.1) is 0 Å². The van der Waals surface area contributed by atoms with Crippen LogP contribution in [0.3, 0.4) is 0 Å². The third-order valence-corrected chi connectivity index (χ3v) is 2.71. The zero-order valence-corrected chi connectivity index (χ0v) is 14.8. The summed E-state index contributed by atoms with van der Waals surface area (Å²) in [5.41, 5.74) is 1.89. The van der Waals surface area contributed by atoms with E-state index in [-0.39, 0.29) is 24.0 Å². The van der Waals surface area contributed by atoms with E-state index in [1.807, 2.05) is 36.4 Å². The Balaban J connectivity index is 0.00000220. The van der Waals surface area contributed by atoms with Crippen molar-refractivity contribution in [1.29, 1.82) is 0 Å². The summed E-state index contributed by atoms with van der Waals surface area (Å²) >= 11 is 0. The average molecular weight is 400 g/mol. The second kappa shape index (κ2) is 8.66. The summed E-state index contributed by atoms with van der Waals surface area (Å²) in [5.74, 6) is 1.52. The highest BCUT2D eigenvalue weighted by Gasteiger charge is 2.07. The van der Waals surface area contributed by atoms with E-state index in [1.54, 1.807) is 7.05 Å². The van der Waals surface area contributed by atoms with Crippen molar-refractivity contribution in [3.8, 4) is 11.3 Å². The molecule has 0 fully saturated rings. The van der Waals surface area contributed by atoms with Crippen LogP contribution in [0.1, 0.15) is 19.6 Å². The first kappa shape index (κ1) is 17.5. The van der Waals surface area contributed by atoms with E-state index in [4.69, 9.17) is 4.52 Å². The van der Waals surface area contributed by atoms with Gasteiger partial charge < -0.3 is 15.2 Å². The van der Waals surface area contributed by atoms with E-state index in [2.05, 4.69) is 34.6 Å². The van der Waals surface area contributed by atoms with E-state index < -0.39 is 0 Å². The average Bonchev–Trinajstić information content (AvgIpc) is 2.93. The van der Waals surface area contributed by atoms with Gasteiger partial charge in [0.05, 0.1) is 6.54 Å². The highest BCUT2D eigenvalue weighted by atomic mass is 127. The van der Waals surface area contributed by atoms with Crippen LogP contribution in [0.5, 0.6) is 0 Å². The maximum atomic E-state index is 5.32. The highest BCUT2D eigenvalue weighted by molar-refractivity contribution is 14.0. The van der Waals surface area contributed by atoms with Crippen molar-refractivity contribution >= 4 is 29.9 Å². The zero-order chi connectivity index (χ0) is 14.4. The van der Waals surface area contributed by atoms with Crippen molar-refractivity contribution in [3.05, 3.63) is 42.2 Å². The van der Waals surface area contributed by atoms with Crippen molar-refractivity contribution in [2.45, 2.75) is 26.4 Å². The van der Waals surface area contributed by atoms with E-state index in [0.717, 1.165) is 23.0 Å². The second-order valence-electron chi connectivity index (χ2n) is 4.77. The topological polar surface area (TPSA) is 62.5 Å². The number of nitrogens with zero attached hydrogens (tertiary/aromatic N) is 2. The Morgan fingerprint density at radius 1 is 1.29 bits per heavy atom. The Bertz CT molecular complexity index is 566. The molecule has 114 valence electrons. The summed E-state index contributed by atoms with van der Waals surface area (Å²) in [6.45, 7) is 4.68. The number of rotatable bonds is 4. The predicted octanol–water partition coefficient (Wildman–Crippen LogP) is 3.03. The minimum Gasteiger partial charge on any atom is -0.359 e. The van der Waals surface area contributed by atoms with E-state index in [1.165, 1.54) is 0 Å². The van der Waals surface area contributed by atoms with E-state index in [9.17, 15) is 0 Å². The number of aromatic nitrogens is 1. The minimum absolute atomic E-state index is 0. The molecule has 21 heavy (non-hydrogen) atoms. The zero-order valence-electron chi connectivity index (χ0n) is 12.5. The normalized spacial score (nSPS) is 11.1. The number of aliphatic imine (C=N–C) groups is 1. The Morgan fingerprint density at radius 2 is 2.00 bits per heavy atom. The number of nitrogens with one attached hydrogen (secondary N) is 2. The van der Waals surface area contributed by atoms with Gasteiger partial charge in [-0.2, -0.15) is 0 Å². The third kappa shape index (κ3) is 5.37. The lowest BCUT2D eigenvalue weighted by Gasteiger charge is -2.13. The highest BCUT2D eigenvalue weighted by Crippen LogP contribution is 2.18. The minimum atomic E-state index is 0. The van der Waals surface area contributed by atoms with Gasteiger partial charge in [-0.3, -0.25) is 4.99 Å². The number of halogens is 1. The van der Waals surface area contributed by atoms with Crippen LogP contribution in [-0.4, -0.2) is 24.2 Å². The van der Waals surface area contributed by atoms with Gasteiger partial charge in [0.2, 0.25) is 0 Å². The number of hydrogen-bond donors (Lipinski definition) is 2. The molecular weight excluding hydrogens is 379 g/mol. The van der Waals surface area contributed by atoms with Gasteiger partial charge >= 0.3 is 0 Å². The van der Waals surface area contributed by atoms with Crippen molar-refractivity contribution in [2.75, 3.05) is 7.05 Å². The summed E-state index contributed by atoms with van der Waals surface area (Å²) in [6, 6.07) is 12.2. The third-order valence-electron chi connectivity index (χ3n) is 2.71. The van der Waals surface area contributed by atoms with Gasteiger partial charge in [-0.25, -0.2) is 0 Å². The van der Waals surface area contributed by atoms with Crippen LogP contribution in [0.25, 0.3) is 11.3 Å². The molecule has 0 aliphatic rings. The summed E-state index contributed by atoms with van der Waals surface area (Å²) < 4.78 is 5.32. The van der Waals surface area contributed by atoms with Crippen molar-refractivity contribution < 1.29 is 4.52 Å². The smallest absolute Gasteiger partial charge is 0.191 e. The maximum Gasteiger partial charge on any atom is 0.191 e. The molecule has 5 nitrogen and oxygen atoms in total. The lowest BCUT2D eigenvalue weighted by atomic mass is 10.1. The van der Waals surface area contributed by atoms with Gasteiger partial charge in [0, 0.05) is 24.7 Å². The molecule has 6 heteroatoms. The monoisotopic (exact) mass is 400 g/mol. The van der Waals surface area contributed by atoms with Crippen LogP contribution in [0.4, 0.5) is 0 Å². The molecule has 2 N–H and O–H groups in total. The Labute approximate surface area is 142 Å². The van der Waals surface area contributed by atoms with Crippen molar-refractivity contribution in [3.63, 3.8) is 0 Å². The molecule has 0 saturated carbocycles. The fraction of sp³-hybridized carbons (Fsp3) is 0.333. The number of guanidine groups is 1. The van der Waals surface area contributed by atoms with Crippen LogP contribution < -0.4 is 10.6 Å². The molecule has 0 aliphatic heterocycles. The lowest BCUT2D eigenvalue weighted by Crippen LogP contribution is -2.40. The molecule has 2 rings (SSSR count). The quantitative estimate of drug-likeness (QED) is 0.471. The molecule has 1 heterocycles. The lowest BCUT2D eigenvalue weighted by molar-refractivity contribution is 0.382. The largest absolute Gasteiger partial charge is 0.359 e. The second-order valence-corrected chi connectivity index (χ2v) is 4.77. The molecule has 0 radical (unpaired) electrons. The molecule has 0 atom stereocenters. The maximum absolute atomic E-state index is 5.32. The van der Waals surface area contributed by atoms with Crippen LogP contribution in [-0.2, 0) is 6.54 Å². The first-order valence-electron chi connectivity index (χ1n) is 6.67. The standard InChI is InChI=1S/C15H20N4O.HI/c1-11(2)18-15(16-3)17-10-13-9-14(19-20-13)12-7-5-4-6-8-12;/h4-9,11H,10H2,1-3H3,(H2,16,17,18);1H. The first-order valence-corrected chi connectivity index (χ1v) is 6.67. The van der Waals surface area contributed by atoms with E-state index >= 15 is 0 Å². The molecule has 0 aliphatic carbocycles. The molecular formula is C15H21IN4O. The van der Waals surface area contributed by atoms with Gasteiger partial charge in [-0.15, -0.1) is 24.0 Å². The van der Waals surface area contributed by atoms with Gasteiger partial charge in [0.25, 0.3) is 0 Å². The van der Waals surface area contributed by atoms with E-state index in [0.29, 0.717) is 12.6 Å². The fourth-order valence-electron chi connectivity index (χ4n) is 1.78. The predicted molar refractivity (Wildman–Crippen MR) is 95.8 cm³/mol. The molecule has 0 saturated heterocycles. The SMILES string of the molecule is CN=C(NCc1cc(-c2ccccc2)no1)NC(C)C.I. The Hall–Kier alpha value is -1.57. The van der Waals surface area contributed by atoms with Gasteiger partial charge in [0.1, 0.15) is 5.69 Å². The first-order chi connectivity index (χ1) is 9.69. The summed E-state index contributed by atoms with van der Waals surface area (Å²) in [7, 11) is 1.74. The van der Waals surface area contributed by atoms with Crippen LogP contribution in [0.15, 0.2) is 45.9 Å². The molecule has 0 bridgehead atoms. The molecule has 0 spiro atoms. The van der Waals surface area contributed by atoms with Gasteiger partial charge in [-0.05, 0) is 13.8 Å². The Kier molecular flexibility index (Phi) is 7.21. The molecule has 1 aromatic heterocycles. The molecule has 2 aromatic rings.